The molecule has 5 nitrogen and oxygen atoms in total. The number of carbonyl (C=O) groups excluding carboxylic acids is 1. The van der Waals surface area contributed by atoms with Gasteiger partial charge in [0.1, 0.15) is 0 Å². The van der Waals surface area contributed by atoms with E-state index >= 15 is 0 Å². The van der Waals surface area contributed by atoms with E-state index in [1.54, 1.807) is 17.0 Å². The van der Waals surface area contributed by atoms with E-state index in [0.717, 1.165) is 30.3 Å². The number of hydrogen-bond donors (Lipinski definition) is 1. The molecule has 1 unspecified atom stereocenters. The number of alkyl halides is 3. The van der Waals surface area contributed by atoms with Crippen LogP contribution in [0.25, 0.3) is 0 Å². The van der Waals surface area contributed by atoms with E-state index in [0.29, 0.717) is 49.8 Å². The molecule has 0 spiro atoms. The summed E-state index contributed by atoms with van der Waals surface area (Å²) in [4.78, 5) is 17.5. The van der Waals surface area contributed by atoms with Crippen LogP contribution in [0.4, 0.5) is 13.2 Å². The van der Waals surface area contributed by atoms with Gasteiger partial charge in [0.25, 0.3) is 5.91 Å². The van der Waals surface area contributed by atoms with Gasteiger partial charge in [0.2, 0.25) is 0 Å². The van der Waals surface area contributed by atoms with Crippen molar-refractivity contribution in [2.24, 2.45) is 5.41 Å². The van der Waals surface area contributed by atoms with Crippen LogP contribution >= 0.6 is 0 Å². The Balaban J connectivity index is 1.46. The highest BCUT2D eigenvalue weighted by Gasteiger charge is 2.37. The number of hydrogen-bond acceptors (Lipinski definition) is 3. The fourth-order valence-corrected chi connectivity index (χ4v) is 5.03. The van der Waals surface area contributed by atoms with Crippen molar-refractivity contribution in [3.8, 4) is 0 Å². The minimum absolute atomic E-state index is 0.125. The molecule has 8 heteroatoms. The number of likely N-dealkylation sites (tertiary alicyclic amines) is 1. The van der Waals surface area contributed by atoms with Gasteiger partial charge in [0.15, 0.2) is 5.69 Å². The number of fused-ring (bicyclic) bond motifs is 1. The summed E-state index contributed by atoms with van der Waals surface area (Å²) in [5, 5.41) is 7.41. The average molecular weight is 463 g/mol. The van der Waals surface area contributed by atoms with E-state index in [9.17, 15) is 18.0 Å². The van der Waals surface area contributed by atoms with Crippen molar-refractivity contribution in [3.05, 3.63) is 52.3 Å². The Morgan fingerprint density at radius 2 is 1.79 bits per heavy atom. The third-order valence-electron chi connectivity index (χ3n) is 7.45. The molecule has 0 radical (unpaired) electrons. The quantitative estimate of drug-likeness (QED) is 0.679. The van der Waals surface area contributed by atoms with Gasteiger partial charge in [-0.2, -0.15) is 18.3 Å². The molecule has 0 saturated carbocycles. The summed E-state index contributed by atoms with van der Waals surface area (Å²) >= 11 is 0. The third kappa shape index (κ3) is 4.81. The minimum atomic E-state index is -4.37. The van der Waals surface area contributed by atoms with Crippen molar-refractivity contribution in [3.63, 3.8) is 0 Å². The second-order valence-corrected chi connectivity index (χ2v) is 10.4. The van der Waals surface area contributed by atoms with E-state index in [1.807, 2.05) is 0 Å². The van der Waals surface area contributed by atoms with Crippen molar-refractivity contribution < 1.29 is 18.0 Å². The van der Waals surface area contributed by atoms with Gasteiger partial charge >= 0.3 is 6.18 Å². The van der Waals surface area contributed by atoms with Gasteiger partial charge < -0.3 is 4.90 Å². The Hall–Kier alpha value is -2.35. The van der Waals surface area contributed by atoms with E-state index in [-0.39, 0.29) is 17.2 Å². The van der Waals surface area contributed by atoms with E-state index in [4.69, 9.17) is 0 Å². The molecular weight excluding hydrogens is 429 g/mol. The van der Waals surface area contributed by atoms with Gasteiger partial charge in [0, 0.05) is 49.9 Å². The molecule has 3 heterocycles. The van der Waals surface area contributed by atoms with E-state index < -0.39 is 11.7 Å². The molecule has 1 amide bonds. The van der Waals surface area contributed by atoms with Crippen molar-refractivity contribution in [1.29, 1.82) is 0 Å². The number of benzene rings is 1. The average Bonchev–Trinajstić information content (AvgIpc) is 3.20. The van der Waals surface area contributed by atoms with Crippen molar-refractivity contribution >= 4 is 5.91 Å². The lowest BCUT2D eigenvalue weighted by atomic mass is 9.85. The molecule has 2 aliphatic rings. The molecule has 4 rings (SSSR count). The summed E-state index contributed by atoms with van der Waals surface area (Å²) < 4.78 is 40.3. The Morgan fingerprint density at radius 1 is 1.12 bits per heavy atom. The molecule has 2 aliphatic heterocycles. The van der Waals surface area contributed by atoms with Crippen LogP contribution in [0.5, 0.6) is 0 Å². The number of H-pyrrole nitrogens is 1. The third-order valence-corrected chi connectivity index (χ3v) is 7.45. The van der Waals surface area contributed by atoms with Gasteiger partial charge in [-0.25, -0.2) is 0 Å². The topological polar surface area (TPSA) is 52.2 Å². The van der Waals surface area contributed by atoms with Gasteiger partial charge in [-0.3, -0.25) is 14.8 Å². The highest BCUT2D eigenvalue weighted by molar-refractivity contribution is 5.94. The second-order valence-electron chi connectivity index (χ2n) is 10.4. The fourth-order valence-electron chi connectivity index (χ4n) is 5.03. The van der Waals surface area contributed by atoms with Gasteiger partial charge in [-0.05, 0) is 42.7 Å². The molecule has 1 aromatic heterocycles. The SMILES string of the molecule is CC(N1CCc2[nH]nc(C(=O)N3CCC(c4ccccc4C(F)(F)F)CC3)c2C1)C(C)(C)C. The number of aromatic amines is 1. The summed E-state index contributed by atoms with van der Waals surface area (Å²) in [6.45, 7) is 11.3. The normalized spacial score (nSPS) is 19.4. The molecular formula is C25H33F3N4O. The highest BCUT2D eigenvalue weighted by Crippen LogP contribution is 2.39. The fraction of sp³-hybridized carbons (Fsp3) is 0.600. The Labute approximate surface area is 193 Å². The number of nitrogens with zero attached hydrogens (tertiary/aromatic N) is 3. The number of piperidine rings is 1. The lowest BCUT2D eigenvalue weighted by molar-refractivity contribution is -0.138. The van der Waals surface area contributed by atoms with Crippen LogP contribution in [0.3, 0.4) is 0 Å². The largest absolute Gasteiger partial charge is 0.416 e. The number of rotatable bonds is 3. The minimum Gasteiger partial charge on any atom is -0.337 e. The number of aromatic nitrogens is 2. The number of nitrogens with one attached hydrogen (secondary N) is 1. The molecule has 0 bridgehead atoms. The lowest BCUT2D eigenvalue weighted by Crippen LogP contribution is -2.45. The molecule has 1 N–H and O–H groups in total. The molecule has 1 saturated heterocycles. The zero-order chi connectivity index (χ0) is 24.0. The van der Waals surface area contributed by atoms with Gasteiger partial charge in [-0.15, -0.1) is 0 Å². The molecule has 33 heavy (non-hydrogen) atoms. The number of carbonyl (C=O) groups is 1. The maximum Gasteiger partial charge on any atom is 0.416 e. The van der Waals surface area contributed by atoms with Crippen LogP contribution in [0.15, 0.2) is 24.3 Å². The van der Waals surface area contributed by atoms with E-state index in [1.165, 1.54) is 6.07 Å². The summed E-state index contributed by atoms with van der Waals surface area (Å²) in [6, 6.07) is 6.15. The second kappa shape index (κ2) is 8.78. The number of halogens is 3. The molecule has 1 fully saturated rings. The highest BCUT2D eigenvalue weighted by atomic mass is 19.4. The maximum absolute atomic E-state index is 13.4. The number of amides is 1. The lowest BCUT2D eigenvalue weighted by Gasteiger charge is -2.40. The Bertz CT molecular complexity index is 1000. The predicted molar refractivity (Wildman–Crippen MR) is 121 cm³/mol. The van der Waals surface area contributed by atoms with Crippen LogP contribution in [0, 0.1) is 5.41 Å². The Morgan fingerprint density at radius 3 is 2.42 bits per heavy atom. The monoisotopic (exact) mass is 462 g/mol. The van der Waals surface area contributed by atoms with Crippen LogP contribution < -0.4 is 0 Å². The maximum atomic E-state index is 13.4. The zero-order valence-electron chi connectivity index (χ0n) is 19.8. The van der Waals surface area contributed by atoms with E-state index in [2.05, 4.69) is 42.8 Å². The summed E-state index contributed by atoms with van der Waals surface area (Å²) in [6.07, 6.45) is -2.52. The first-order valence-electron chi connectivity index (χ1n) is 11.7. The molecule has 2 aromatic rings. The summed E-state index contributed by atoms with van der Waals surface area (Å²) in [7, 11) is 0. The smallest absolute Gasteiger partial charge is 0.337 e. The standard InChI is InChI=1S/C25H33F3N4O/c1-16(24(2,3)4)32-14-11-21-19(15-32)22(30-29-21)23(33)31-12-9-17(10-13-31)18-7-5-6-8-20(18)25(26,27)28/h5-8,16-17H,9-15H2,1-4H3,(H,29,30). The molecule has 0 aliphatic carbocycles. The van der Waals surface area contributed by atoms with Crippen LogP contribution in [0.1, 0.15) is 79.3 Å². The first-order valence-corrected chi connectivity index (χ1v) is 11.7. The van der Waals surface area contributed by atoms with Crippen LogP contribution in [-0.2, 0) is 19.1 Å². The van der Waals surface area contributed by atoms with Gasteiger partial charge in [0.05, 0.1) is 5.56 Å². The molecule has 1 aromatic carbocycles. The van der Waals surface area contributed by atoms with Crippen molar-refractivity contribution in [2.45, 2.75) is 71.6 Å². The molecule has 1 atom stereocenters. The van der Waals surface area contributed by atoms with Crippen LogP contribution in [0.2, 0.25) is 0 Å². The first-order chi connectivity index (χ1) is 15.5. The molecule has 180 valence electrons. The van der Waals surface area contributed by atoms with Crippen LogP contribution in [-0.4, -0.2) is 51.6 Å². The van der Waals surface area contributed by atoms with Gasteiger partial charge in [-0.1, -0.05) is 39.0 Å². The summed E-state index contributed by atoms with van der Waals surface area (Å²) in [5.41, 5.74) is 2.34. The predicted octanol–water partition coefficient (Wildman–Crippen LogP) is 5.24. The van der Waals surface area contributed by atoms with Crippen molar-refractivity contribution in [2.75, 3.05) is 19.6 Å². The zero-order valence-corrected chi connectivity index (χ0v) is 19.8. The van der Waals surface area contributed by atoms with Crippen molar-refractivity contribution in [1.82, 2.24) is 20.0 Å². The first kappa shape index (κ1) is 23.8. The summed E-state index contributed by atoms with van der Waals surface area (Å²) in [5.74, 6) is -0.330. The Kier molecular flexibility index (Phi) is 6.33.